The molecule has 200 valence electrons. The van der Waals surface area contributed by atoms with Crippen molar-refractivity contribution in [3.8, 4) is 0 Å². The molecule has 1 N–H and O–H groups in total. The first-order valence-electron chi connectivity index (χ1n) is 11.9. The molecule has 4 rings (SSSR count). The number of benzene rings is 1. The number of fused-ring (bicyclic) bond motifs is 1. The summed E-state index contributed by atoms with van der Waals surface area (Å²) in [6, 6.07) is 13.6. The zero-order valence-electron chi connectivity index (χ0n) is 21.0. The zero-order chi connectivity index (χ0) is 27.4. The number of halogens is 3. The smallest absolute Gasteiger partial charge is 0.475 e. The third-order valence-electron chi connectivity index (χ3n) is 6.79. The van der Waals surface area contributed by atoms with Crippen molar-refractivity contribution in [1.82, 2.24) is 14.8 Å². The van der Waals surface area contributed by atoms with E-state index in [-0.39, 0.29) is 17.7 Å². The lowest BCUT2D eigenvalue weighted by atomic mass is 9.74. The van der Waals surface area contributed by atoms with Crippen LogP contribution in [-0.4, -0.2) is 84.1 Å². The van der Waals surface area contributed by atoms with Crippen LogP contribution in [0.25, 0.3) is 0 Å². The van der Waals surface area contributed by atoms with Gasteiger partial charge in [0.15, 0.2) is 0 Å². The second-order valence-corrected chi connectivity index (χ2v) is 9.65. The van der Waals surface area contributed by atoms with Gasteiger partial charge in [0.05, 0.1) is 5.41 Å². The van der Waals surface area contributed by atoms with Crippen LogP contribution < -0.4 is 4.90 Å². The molecule has 0 saturated carbocycles. The Morgan fingerprint density at radius 1 is 1.11 bits per heavy atom. The first kappa shape index (κ1) is 27.9. The number of amides is 2. The summed E-state index contributed by atoms with van der Waals surface area (Å²) in [6.07, 6.45) is -1.68. The molecule has 0 bridgehead atoms. The first-order chi connectivity index (χ1) is 17.3. The SMILES string of the molecule is Cc1cccc(C(=O)N2CCC[C@]3(C(=O)N(C)C)CN(c4ccccn4)C[C@@H]3C2)c1.O=C(O)C(F)(F)F. The second kappa shape index (κ2) is 11.2. The number of nitrogens with zero attached hydrogens (tertiary/aromatic N) is 4. The quantitative estimate of drug-likeness (QED) is 0.666. The number of hydrogen-bond acceptors (Lipinski definition) is 5. The maximum Gasteiger partial charge on any atom is 0.490 e. The molecule has 37 heavy (non-hydrogen) atoms. The third-order valence-corrected chi connectivity index (χ3v) is 6.79. The Kier molecular flexibility index (Phi) is 8.45. The lowest BCUT2D eigenvalue weighted by Gasteiger charge is -2.34. The molecule has 1 aromatic heterocycles. The highest BCUT2D eigenvalue weighted by Gasteiger charge is 2.54. The largest absolute Gasteiger partial charge is 0.490 e. The molecule has 11 heteroatoms. The fourth-order valence-electron chi connectivity index (χ4n) is 5.09. The topological polar surface area (TPSA) is 94.1 Å². The maximum absolute atomic E-state index is 13.4. The number of hydrogen-bond donors (Lipinski definition) is 1. The van der Waals surface area contributed by atoms with Crippen molar-refractivity contribution in [2.75, 3.05) is 45.2 Å². The van der Waals surface area contributed by atoms with Crippen LogP contribution in [0.1, 0.15) is 28.8 Å². The van der Waals surface area contributed by atoms with Gasteiger partial charge in [-0.2, -0.15) is 13.2 Å². The van der Waals surface area contributed by atoms with Crippen LogP contribution in [0, 0.1) is 18.3 Å². The van der Waals surface area contributed by atoms with Crippen molar-refractivity contribution in [1.29, 1.82) is 0 Å². The van der Waals surface area contributed by atoms with E-state index in [9.17, 15) is 22.8 Å². The summed E-state index contributed by atoms with van der Waals surface area (Å²) in [5.74, 6) is -1.56. The van der Waals surface area contributed by atoms with Crippen LogP contribution in [0.15, 0.2) is 48.7 Å². The van der Waals surface area contributed by atoms with E-state index in [4.69, 9.17) is 9.90 Å². The van der Waals surface area contributed by atoms with Gasteiger partial charge < -0.3 is 19.8 Å². The number of aryl methyl sites for hydroxylation is 1. The third kappa shape index (κ3) is 6.39. The Bertz CT molecular complexity index is 1130. The van der Waals surface area contributed by atoms with Crippen LogP contribution in [0.2, 0.25) is 0 Å². The number of carboxylic acid groups (broad SMARTS) is 1. The normalized spacial score (nSPS) is 21.3. The van der Waals surface area contributed by atoms with Crippen molar-refractivity contribution in [2.24, 2.45) is 11.3 Å². The average molecular weight is 521 g/mol. The molecular weight excluding hydrogens is 489 g/mol. The highest BCUT2D eigenvalue weighted by Crippen LogP contribution is 2.45. The molecule has 8 nitrogen and oxygen atoms in total. The molecule has 3 heterocycles. The predicted molar refractivity (Wildman–Crippen MR) is 131 cm³/mol. The van der Waals surface area contributed by atoms with Crippen LogP contribution in [-0.2, 0) is 9.59 Å². The predicted octanol–water partition coefficient (Wildman–Crippen LogP) is 3.47. The van der Waals surface area contributed by atoms with Crippen LogP contribution >= 0.6 is 0 Å². The molecule has 0 radical (unpaired) electrons. The van der Waals surface area contributed by atoms with Crippen LogP contribution in [0.5, 0.6) is 0 Å². The van der Waals surface area contributed by atoms with E-state index in [0.717, 1.165) is 36.3 Å². The van der Waals surface area contributed by atoms with Gasteiger partial charge in [0.2, 0.25) is 5.91 Å². The molecule has 2 saturated heterocycles. The van der Waals surface area contributed by atoms with Crippen LogP contribution in [0.4, 0.5) is 19.0 Å². The molecule has 1 aromatic carbocycles. The molecule has 0 unspecified atom stereocenters. The molecule has 2 aliphatic rings. The van der Waals surface area contributed by atoms with E-state index < -0.39 is 17.6 Å². The number of likely N-dealkylation sites (tertiary alicyclic amines) is 1. The number of rotatable bonds is 3. The number of anilines is 1. The lowest BCUT2D eigenvalue weighted by molar-refractivity contribution is -0.192. The van der Waals surface area contributed by atoms with Gasteiger partial charge in [-0.3, -0.25) is 9.59 Å². The van der Waals surface area contributed by atoms with Gasteiger partial charge in [-0.05, 0) is 44.0 Å². The number of alkyl halides is 3. The van der Waals surface area contributed by atoms with Crippen molar-refractivity contribution in [3.63, 3.8) is 0 Å². The van der Waals surface area contributed by atoms with E-state index in [1.807, 2.05) is 68.4 Å². The summed E-state index contributed by atoms with van der Waals surface area (Å²) in [6.45, 7) is 4.67. The Hall–Kier alpha value is -3.63. The molecule has 0 aliphatic carbocycles. The van der Waals surface area contributed by atoms with E-state index >= 15 is 0 Å². The molecule has 2 aliphatic heterocycles. The van der Waals surface area contributed by atoms with Crippen molar-refractivity contribution < 1.29 is 32.7 Å². The monoisotopic (exact) mass is 520 g/mol. The summed E-state index contributed by atoms with van der Waals surface area (Å²) in [5.41, 5.74) is 1.32. The summed E-state index contributed by atoms with van der Waals surface area (Å²) in [4.78, 5) is 45.9. The van der Waals surface area contributed by atoms with E-state index in [0.29, 0.717) is 19.6 Å². The number of aromatic nitrogens is 1. The minimum absolute atomic E-state index is 0.0584. The maximum atomic E-state index is 13.4. The van der Waals surface area contributed by atoms with Gasteiger partial charge in [0.25, 0.3) is 5.91 Å². The van der Waals surface area contributed by atoms with E-state index in [2.05, 4.69) is 9.88 Å². The Balaban J connectivity index is 0.000000479. The van der Waals surface area contributed by atoms with Crippen LogP contribution in [0.3, 0.4) is 0 Å². The molecule has 2 amide bonds. The Labute approximate surface area is 213 Å². The summed E-state index contributed by atoms with van der Waals surface area (Å²) < 4.78 is 31.7. The Morgan fingerprint density at radius 2 is 1.81 bits per heavy atom. The summed E-state index contributed by atoms with van der Waals surface area (Å²) in [7, 11) is 3.66. The van der Waals surface area contributed by atoms with Gasteiger partial charge in [-0.15, -0.1) is 0 Å². The van der Waals surface area contributed by atoms with Crippen molar-refractivity contribution in [2.45, 2.75) is 25.9 Å². The second-order valence-electron chi connectivity index (χ2n) is 9.65. The molecule has 2 aromatic rings. The van der Waals surface area contributed by atoms with Gasteiger partial charge in [-0.25, -0.2) is 9.78 Å². The minimum Gasteiger partial charge on any atom is -0.475 e. The van der Waals surface area contributed by atoms with Crippen molar-refractivity contribution in [3.05, 3.63) is 59.8 Å². The molecule has 2 fully saturated rings. The number of carboxylic acids is 1. The number of carbonyl (C=O) groups is 3. The number of pyridine rings is 1. The number of carbonyl (C=O) groups excluding carboxylic acids is 2. The fraction of sp³-hybridized carbons (Fsp3) is 0.462. The van der Waals surface area contributed by atoms with Gasteiger partial charge in [-0.1, -0.05) is 23.8 Å². The highest BCUT2D eigenvalue weighted by atomic mass is 19.4. The van der Waals surface area contributed by atoms with Gasteiger partial charge in [0.1, 0.15) is 5.82 Å². The van der Waals surface area contributed by atoms with E-state index in [1.54, 1.807) is 11.1 Å². The number of aliphatic carboxylic acids is 1. The molecular formula is C26H31F3N4O4. The summed E-state index contributed by atoms with van der Waals surface area (Å²) in [5, 5.41) is 7.12. The highest BCUT2D eigenvalue weighted by molar-refractivity contribution is 5.94. The van der Waals surface area contributed by atoms with Gasteiger partial charge in [0, 0.05) is 58.0 Å². The molecule has 2 atom stereocenters. The zero-order valence-corrected chi connectivity index (χ0v) is 21.0. The lowest BCUT2D eigenvalue weighted by Crippen LogP contribution is -2.47. The molecule has 0 spiro atoms. The van der Waals surface area contributed by atoms with Crippen molar-refractivity contribution >= 4 is 23.6 Å². The standard InChI is InChI=1S/C24H30N4O2.C2HF3O2/c1-18-8-6-9-19(14-18)22(29)27-13-7-11-24(23(30)26(2)3)17-28(16-20(24)15-27)21-10-4-5-12-25-21;3-2(4,5)1(6)7/h4-6,8-10,12,14,20H,7,11,13,15-17H2,1-3H3;(H,6,7)/t20-,24-;/m0./s1. The Morgan fingerprint density at radius 3 is 2.38 bits per heavy atom. The minimum atomic E-state index is -5.08. The fourth-order valence-corrected chi connectivity index (χ4v) is 5.09. The van der Waals surface area contributed by atoms with Gasteiger partial charge >= 0.3 is 12.1 Å². The van der Waals surface area contributed by atoms with E-state index in [1.165, 1.54) is 0 Å². The average Bonchev–Trinajstić information content (AvgIpc) is 3.12. The summed E-state index contributed by atoms with van der Waals surface area (Å²) >= 11 is 0. The first-order valence-corrected chi connectivity index (χ1v) is 11.9.